The average molecular weight is 705 g/mol. The Hall–Kier alpha value is -4.32. The average Bonchev–Trinajstić information content (AvgIpc) is 3.74. The van der Waals surface area contributed by atoms with Crippen molar-refractivity contribution in [3.8, 4) is 45.4 Å². The zero-order chi connectivity index (χ0) is 34.3. The number of carbonyl (C=O) groups is 2. The van der Waals surface area contributed by atoms with Gasteiger partial charge in [0.2, 0.25) is 23.6 Å². The number of ether oxygens (including phenoxy) is 2. The molecule has 49 heavy (non-hydrogen) atoms. The minimum absolute atomic E-state index is 0.117. The van der Waals surface area contributed by atoms with E-state index in [0.717, 1.165) is 55.6 Å². The van der Waals surface area contributed by atoms with Crippen LogP contribution in [-0.2, 0) is 22.6 Å². The van der Waals surface area contributed by atoms with Crippen molar-refractivity contribution >= 4 is 35.0 Å². The summed E-state index contributed by atoms with van der Waals surface area (Å²) < 4.78 is 11.2. The van der Waals surface area contributed by atoms with Gasteiger partial charge in [-0.1, -0.05) is 59.6 Å². The summed E-state index contributed by atoms with van der Waals surface area (Å²) in [7, 11) is 3.15. The Labute approximate surface area is 295 Å². The van der Waals surface area contributed by atoms with Gasteiger partial charge in [-0.2, -0.15) is 0 Å². The van der Waals surface area contributed by atoms with Crippen molar-refractivity contribution in [2.75, 3.05) is 27.3 Å². The molecular formula is C36H39Cl2N7O4. The van der Waals surface area contributed by atoms with E-state index in [4.69, 9.17) is 42.6 Å². The molecule has 2 aromatic carbocycles. The van der Waals surface area contributed by atoms with E-state index in [9.17, 15) is 9.59 Å². The molecule has 4 aromatic rings. The molecule has 2 aliphatic rings. The highest BCUT2D eigenvalue weighted by Gasteiger charge is 2.23. The first-order chi connectivity index (χ1) is 23.8. The monoisotopic (exact) mass is 703 g/mol. The van der Waals surface area contributed by atoms with Crippen LogP contribution in [0.3, 0.4) is 0 Å². The van der Waals surface area contributed by atoms with E-state index >= 15 is 0 Å². The van der Waals surface area contributed by atoms with E-state index < -0.39 is 0 Å². The first kappa shape index (κ1) is 34.5. The van der Waals surface area contributed by atoms with Crippen LogP contribution >= 0.6 is 23.2 Å². The van der Waals surface area contributed by atoms with E-state index in [0.29, 0.717) is 81.7 Å². The van der Waals surface area contributed by atoms with Gasteiger partial charge in [0.15, 0.2) is 0 Å². The van der Waals surface area contributed by atoms with E-state index in [1.807, 2.05) is 36.4 Å². The highest BCUT2D eigenvalue weighted by molar-refractivity contribution is 6.39. The molecule has 2 fully saturated rings. The van der Waals surface area contributed by atoms with Gasteiger partial charge in [-0.25, -0.2) is 9.97 Å². The van der Waals surface area contributed by atoms with Crippen LogP contribution in [0.1, 0.15) is 49.9 Å². The molecule has 0 saturated carbocycles. The summed E-state index contributed by atoms with van der Waals surface area (Å²) in [6, 6.07) is 11.6. The Morgan fingerprint density at radius 1 is 0.837 bits per heavy atom. The highest BCUT2D eigenvalue weighted by atomic mass is 35.5. The zero-order valence-electron chi connectivity index (χ0n) is 27.5. The number of nitrogens with zero attached hydrogens (tertiary/aromatic N) is 4. The van der Waals surface area contributed by atoms with Crippen LogP contribution in [0.5, 0.6) is 11.8 Å². The third-order valence-electron chi connectivity index (χ3n) is 8.98. The lowest BCUT2D eigenvalue weighted by molar-refractivity contribution is -0.120. The quantitative estimate of drug-likeness (QED) is 0.139. The van der Waals surface area contributed by atoms with E-state index in [-0.39, 0.29) is 17.9 Å². The lowest BCUT2D eigenvalue weighted by atomic mass is 9.98. The molecule has 6 rings (SSSR count). The van der Waals surface area contributed by atoms with E-state index in [1.165, 1.54) is 0 Å². The molecule has 0 radical (unpaired) electrons. The van der Waals surface area contributed by atoms with Crippen LogP contribution in [-0.4, -0.2) is 65.1 Å². The highest BCUT2D eigenvalue weighted by Crippen LogP contribution is 2.42. The third-order valence-corrected chi connectivity index (χ3v) is 9.80. The van der Waals surface area contributed by atoms with Gasteiger partial charge in [-0.15, -0.1) is 0 Å². The number of hydrogen-bond acceptors (Lipinski definition) is 9. The molecule has 11 nitrogen and oxygen atoms in total. The van der Waals surface area contributed by atoms with Crippen LogP contribution in [0.15, 0.2) is 48.8 Å². The fraction of sp³-hybridized carbons (Fsp3) is 0.389. The summed E-state index contributed by atoms with van der Waals surface area (Å²) in [5.74, 6) is 1.44. The summed E-state index contributed by atoms with van der Waals surface area (Å²) in [4.78, 5) is 41.8. The number of aryl methyl sites for hydroxylation is 1. The van der Waals surface area contributed by atoms with Gasteiger partial charge in [-0.05, 0) is 44.6 Å². The third kappa shape index (κ3) is 8.12. The molecule has 1 unspecified atom stereocenters. The van der Waals surface area contributed by atoms with Crippen molar-refractivity contribution in [3.63, 3.8) is 0 Å². The predicted octanol–water partition coefficient (Wildman–Crippen LogP) is 5.81. The first-order valence-corrected chi connectivity index (χ1v) is 17.2. The number of aromatic nitrogens is 4. The Balaban J connectivity index is 1.18. The van der Waals surface area contributed by atoms with E-state index in [1.54, 1.807) is 26.6 Å². The predicted molar refractivity (Wildman–Crippen MR) is 189 cm³/mol. The topological polar surface area (TPSA) is 140 Å². The zero-order valence-corrected chi connectivity index (χ0v) is 29.0. The first-order valence-electron chi connectivity index (χ1n) is 16.5. The maximum absolute atomic E-state index is 11.5. The van der Waals surface area contributed by atoms with Gasteiger partial charge in [-0.3, -0.25) is 19.6 Å². The summed E-state index contributed by atoms with van der Waals surface area (Å²) in [6.07, 6.45) is 8.78. The second-order valence-corrected chi connectivity index (χ2v) is 13.0. The molecule has 0 aliphatic carbocycles. The van der Waals surface area contributed by atoms with Crippen molar-refractivity contribution in [2.24, 2.45) is 5.92 Å². The van der Waals surface area contributed by atoms with Gasteiger partial charge in [0.1, 0.15) is 11.4 Å². The minimum Gasteiger partial charge on any atom is -0.480 e. The molecule has 2 saturated heterocycles. The molecule has 3 N–H and O–H groups in total. The lowest BCUT2D eigenvalue weighted by Crippen LogP contribution is -2.25. The van der Waals surface area contributed by atoms with Crippen molar-refractivity contribution in [3.05, 3.63) is 70.2 Å². The number of rotatable bonds is 14. The van der Waals surface area contributed by atoms with Crippen LogP contribution in [0, 0.1) is 5.92 Å². The summed E-state index contributed by atoms with van der Waals surface area (Å²) in [6.45, 7) is 1.97. The normalized spacial score (nSPS) is 17.2. The lowest BCUT2D eigenvalue weighted by Gasteiger charge is -2.15. The molecule has 2 aliphatic heterocycles. The van der Waals surface area contributed by atoms with Crippen molar-refractivity contribution in [1.82, 2.24) is 35.9 Å². The molecule has 0 bridgehead atoms. The van der Waals surface area contributed by atoms with Crippen LogP contribution < -0.4 is 25.4 Å². The fourth-order valence-corrected chi connectivity index (χ4v) is 6.99. The van der Waals surface area contributed by atoms with Crippen molar-refractivity contribution < 1.29 is 19.1 Å². The van der Waals surface area contributed by atoms with Gasteiger partial charge in [0.25, 0.3) is 0 Å². The molecule has 2 amide bonds. The largest absolute Gasteiger partial charge is 0.480 e. The number of amides is 2. The second-order valence-electron chi connectivity index (χ2n) is 12.3. The van der Waals surface area contributed by atoms with Crippen molar-refractivity contribution in [1.29, 1.82) is 0 Å². The smallest absolute Gasteiger partial charge is 0.237 e. The molecule has 256 valence electrons. The number of hydrogen-bond donors (Lipinski definition) is 3. The maximum atomic E-state index is 11.5. The number of methoxy groups -OCH3 is 2. The maximum Gasteiger partial charge on any atom is 0.237 e. The molecule has 13 heteroatoms. The van der Waals surface area contributed by atoms with Crippen LogP contribution in [0.2, 0.25) is 10.0 Å². The summed E-state index contributed by atoms with van der Waals surface area (Å²) in [5, 5.41) is 10.2. The van der Waals surface area contributed by atoms with Crippen LogP contribution in [0.25, 0.3) is 33.6 Å². The van der Waals surface area contributed by atoms with Gasteiger partial charge >= 0.3 is 0 Å². The molecule has 2 aromatic heterocycles. The Morgan fingerprint density at radius 3 is 2.02 bits per heavy atom. The van der Waals surface area contributed by atoms with Crippen LogP contribution in [0.4, 0.5) is 0 Å². The SMILES string of the molecule is COc1nc(-c2cccc(-c3cccc(-c4cnc(CNCCC5CNC(=O)C5)c(OC)n4)c3Cl)c2Cl)cnc1CCC[C@@H]1CCC(=O)N1. The molecule has 2 atom stereocenters. The molecular weight excluding hydrogens is 665 g/mol. The summed E-state index contributed by atoms with van der Waals surface area (Å²) in [5.41, 5.74) is 5.43. The molecule has 4 heterocycles. The Kier molecular flexibility index (Phi) is 11.2. The summed E-state index contributed by atoms with van der Waals surface area (Å²) >= 11 is 14.1. The number of nitrogens with one attached hydrogen (secondary N) is 3. The molecule has 0 spiro atoms. The Morgan fingerprint density at radius 2 is 1.45 bits per heavy atom. The Bertz CT molecular complexity index is 1840. The van der Waals surface area contributed by atoms with Gasteiger partial charge in [0.05, 0.1) is 48.0 Å². The number of carbonyl (C=O) groups excluding carboxylic acids is 2. The number of halogens is 2. The van der Waals surface area contributed by atoms with Crippen molar-refractivity contribution in [2.45, 2.75) is 57.5 Å². The second kappa shape index (κ2) is 15.9. The number of benzene rings is 2. The van der Waals surface area contributed by atoms with E-state index in [2.05, 4.69) is 25.9 Å². The fourth-order valence-electron chi connectivity index (χ4n) is 6.34. The van der Waals surface area contributed by atoms with Gasteiger partial charge < -0.3 is 25.4 Å². The standard InChI is InChI=1S/C36H39Cl2N7O4/c1-48-35-27(11-3-6-22-12-13-31(46)43-22)40-19-28(44-35)25-9-4-7-23(33(25)37)24-8-5-10-26(34(24)38)29-20-41-30(36(45-29)49-2)18-39-15-14-21-16-32(47)42-17-21/h4-5,7-10,19-22,39H,3,6,11-18H2,1-2H3,(H,42,47)(H,43,46)/t21?,22-/m1/s1. The minimum atomic E-state index is 0.117. The van der Waals surface area contributed by atoms with Gasteiger partial charge in [0, 0.05) is 54.2 Å².